The third-order valence-corrected chi connectivity index (χ3v) is 1.85. The highest BCUT2D eigenvalue weighted by atomic mass is 14.0. The summed E-state index contributed by atoms with van der Waals surface area (Å²) >= 11 is 0. The average Bonchev–Trinajstić information content (AvgIpc) is 2.28. The number of allylic oxidation sites excluding steroid dienone is 3. The molecule has 0 bridgehead atoms. The smallest absolute Gasteiger partial charge is 0.00882 e. The fraction of sp³-hybridized carbons (Fsp3) is 0.0909. The van der Waals surface area contributed by atoms with Gasteiger partial charge in [-0.3, -0.25) is 0 Å². The minimum atomic E-state index is 1.03. The number of rotatable bonds is 0. The van der Waals surface area contributed by atoms with Gasteiger partial charge in [-0.2, -0.15) is 0 Å². The number of hydrogen-bond acceptors (Lipinski definition) is 0. The van der Waals surface area contributed by atoms with E-state index in [1.54, 1.807) is 0 Å². The van der Waals surface area contributed by atoms with Crippen molar-refractivity contribution < 1.29 is 0 Å². The molecule has 0 nitrogen and oxygen atoms in total. The van der Waals surface area contributed by atoms with E-state index in [-0.39, 0.29) is 0 Å². The first-order valence-corrected chi connectivity index (χ1v) is 3.79. The monoisotopic (exact) mass is 141 g/mol. The number of benzene rings is 1. The van der Waals surface area contributed by atoms with Crippen molar-refractivity contribution in [3.63, 3.8) is 0 Å². The maximum atomic E-state index is 3.10. The van der Waals surface area contributed by atoms with Crippen LogP contribution < -0.4 is 0 Å². The summed E-state index contributed by atoms with van der Waals surface area (Å²) in [5, 5.41) is 0. The summed E-state index contributed by atoms with van der Waals surface area (Å²) in [6.07, 6.45) is 10.3. The van der Waals surface area contributed by atoms with Crippen LogP contribution in [0.1, 0.15) is 11.1 Å². The molecule has 1 aliphatic rings. The lowest BCUT2D eigenvalue weighted by molar-refractivity contribution is 1.27. The molecule has 2 rings (SSSR count). The molecule has 1 radical (unpaired) electrons. The van der Waals surface area contributed by atoms with Crippen molar-refractivity contribution in [3.8, 4) is 0 Å². The molecule has 1 aliphatic carbocycles. The third kappa shape index (κ3) is 1.25. The van der Waals surface area contributed by atoms with E-state index in [4.69, 9.17) is 0 Å². The summed E-state index contributed by atoms with van der Waals surface area (Å²) in [6, 6.07) is 8.41. The van der Waals surface area contributed by atoms with Gasteiger partial charge in [0.25, 0.3) is 0 Å². The van der Waals surface area contributed by atoms with Crippen LogP contribution in [0.3, 0.4) is 0 Å². The molecule has 0 heteroatoms. The Bertz CT molecular complexity index is 306. The van der Waals surface area contributed by atoms with E-state index >= 15 is 0 Å². The van der Waals surface area contributed by atoms with E-state index in [0.29, 0.717) is 0 Å². The van der Waals surface area contributed by atoms with Crippen LogP contribution in [0.15, 0.2) is 36.4 Å². The molecule has 0 saturated carbocycles. The van der Waals surface area contributed by atoms with Crippen LogP contribution in [0.4, 0.5) is 0 Å². The molecule has 0 spiro atoms. The van der Waals surface area contributed by atoms with Gasteiger partial charge in [0.1, 0.15) is 0 Å². The van der Waals surface area contributed by atoms with E-state index in [9.17, 15) is 0 Å². The molecule has 0 amide bonds. The van der Waals surface area contributed by atoms with Crippen LogP contribution in [0.2, 0.25) is 0 Å². The highest BCUT2D eigenvalue weighted by Gasteiger charge is 1.96. The normalized spacial score (nSPS) is 14.2. The van der Waals surface area contributed by atoms with Crippen LogP contribution >= 0.6 is 0 Å². The summed E-state index contributed by atoms with van der Waals surface area (Å²) in [7, 11) is 0. The molecule has 0 unspecified atom stereocenters. The Morgan fingerprint density at radius 2 is 2.09 bits per heavy atom. The third-order valence-electron chi connectivity index (χ3n) is 1.85. The van der Waals surface area contributed by atoms with Gasteiger partial charge < -0.3 is 0 Å². The fourth-order valence-electron chi connectivity index (χ4n) is 1.25. The summed E-state index contributed by atoms with van der Waals surface area (Å²) in [6.45, 7) is 0. The van der Waals surface area contributed by atoms with E-state index in [1.165, 1.54) is 11.1 Å². The highest BCUT2D eigenvalue weighted by Crippen LogP contribution is 2.13. The van der Waals surface area contributed by atoms with Crippen molar-refractivity contribution in [1.82, 2.24) is 0 Å². The first-order chi connectivity index (χ1) is 5.47. The van der Waals surface area contributed by atoms with Crippen molar-refractivity contribution in [2.24, 2.45) is 0 Å². The first-order valence-electron chi connectivity index (χ1n) is 3.79. The summed E-state index contributed by atoms with van der Waals surface area (Å²) < 4.78 is 0. The van der Waals surface area contributed by atoms with Gasteiger partial charge in [-0.1, -0.05) is 36.4 Å². The zero-order valence-corrected chi connectivity index (χ0v) is 6.25. The van der Waals surface area contributed by atoms with Crippen molar-refractivity contribution in [3.05, 3.63) is 53.6 Å². The second-order valence-corrected chi connectivity index (χ2v) is 2.62. The molecule has 0 atom stereocenters. The molecule has 1 aromatic rings. The molecule has 1 aromatic carbocycles. The topological polar surface area (TPSA) is 0 Å². The van der Waals surface area contributed by atoms with Gasteiger partial charge in [0.05, 0.1) is 0 Å². The molecule has 0 aromatic heterocycles. The predicted octanol–water partition coefficient (Wildman–Crippen LogP) is 2.62. The standard InChI is InChI=1S/C11H9/c1-2-6-10-8-4-5-9-11(10)7-3-1/h1-2,4-5,7-9H,6H2. The predicted molar refractivity (Wildman–Crippen MR) is 47.0 cm³/mol. The quantitative estimate of drug-likeness (QED) is 0.521. The summed E-state index contributed by atoms with van der Waals surface area (Å²) in [5.74, 6) is 0. The Hall–Kier alpha value is -1.30. The molecule has 0 saturated heterocycles. The van der Waals surface area contributed by atoms with E-state index in [2.05, 4.69) is 36.4 Å². The fourth-order valence-corrected chi connectivity index (χ4v) is 1.25. The van der Waals surface area contributed by atoms with Crippen LogP contribution in [-0.2, 0) is 6.42 Å². The van der Waals surface area contributed by atoms with Crippen molar-refractivity contribution in [2.75, 3.05) is 0 Å². The molecule has 0 fully saturated rings. The molecule has 0 aliphatic heterocycles. The van der Waals surface area contributed by atoms with Crippen LogP contribution in [0, 0.1) is 6.08 Å². The molecule has 0 N–H and O–H groups in total. The lowest BCUT2D eigenvalue weighted by Crippen LogP contribution is -1.83. The van der Waals surface area contributed by atoms with Crippen molar-refractivity contribution in [2.45, 2.75) is 6.42 Å². The van der Waals surface area contributed by atoms with E-state index in [1.807, 2.05) is 12.2 Å². The molecule has 53 valence electrons. The van der Waals surface area contributed by atoms with Crippen LogP contribution in [0.25, 0.3) is 6.08 Å². The van der Waals surface area contributed by atoms with Gasteiger partial charge >= 0.3 is 0 Å². The van der Waals surface area contributed by atoms with Crippen molar-refractivity contribution >= 4 is 6.08 Å². The SMILES string of the molecule is [C]1=Cc2ccccc2CC=C1. The molecule has 0 heterocycles. The van der Waals surface area contributed by atoms with Gasteiger partial charge in [-0.25, -0.2) is 0 Å². The zero-order chi connectivity index (χ0) is 7.52. The van der Waals surface area contributed by atoms with Gasteiger partial charge in [-0.05, 0) is 29.7 Å². The van der Waals surface area contributed by atoms with Gasteiger partial charge in [0.2, 0.25) is 0 Å². The van der Waals surface area contributed by atoms with Gasteiger partial charge in [0.15, 0.2) is 0 Å². The molecule has 11 heavy (non-hydrogen) atoms. The summed E-state index contributed by atoms with van der Waals surface area (Å²) in [5.41, 5.74) is 2.67. The van der Waals surface area contributed by atoms with Crippen LogP contribution in [0.5, 0.6) is 0 Å². The Morgan fingerprint density at radius 1 is 1.18 bits per heavy atom. The van der Waals surface area contributed by atoms with Gasteiger partial charge in [-0.15, -0.1) is 0 Å². The van der Waals surface area contributed by atoms with Crippen molar-refractivity contribution in [1.29, 1.82) is 0 Å². The number of hydrogen-bond donors (Lipinski definition) is 0. The Morgan fingerprint density at radius 3 is 3.09 bits per heavy atom. The summed E-state index contributed by atoms with van der Waals surface area (Å²) in [4.78, 5) is 0. The van der Waals surface area contributed by atoms with Gasteiger partial charge in [0, 0.05) is 0 Å². The maximum Gasteiger partial charge on any atom is -0.00882 e. The van der Waals surface area contributed by atoms with Crippen LogP contribution in [-0.4, -0.2) is 0 Å². The minimum Gasteiger partial charge on any atom is -0.0795 e. The van der Waals surface area contributed by atoms with E-state index in [0.717, 1.165) is 6.42 Å². The zero-order valence-electron chi connectivity index (χ0n) is 6.25. The van der Waals surface area contributed by atoms with E-state index < -0.39 is 0 Å². The Labute approximate surface area is 66.9 Å². The lowest BCUT2D eigenvalue weighted by Gasteiger charge is -1.99. The first kappa shape index (κ1) is 6.41. The molecular formula is C11H9. The Kier molecular flexibility index (Phi) is 1.60. The second-order valence-electron chi connectivity index (χ2n) is 2.62. The minimum absolute atomic E-state index is 1.03. The maximum absolute atomic E-state index is 3.10. The molecular weight excluding hydrogens is 132 g/mol. The lowest BCUT2D eigenvalue weighted by atomic mass is 10.1. The average molecular weight is 141 g/mol. The second kappa shape index (κ2) is 2.75. The largest absolute Gasteiger partial charge is 0.0795 e. The number of fused-ring (bicyclic) bond motifs is 1. The highest BCUT2D eigenvalue weighted by molar-refractivity contribution is 5.55. The Balaban J connectivity index is 2.52.